The van der Waals surface area contributed by atoms with Gasteiger partial charge in [0.2, 0.25) is 0 Å². The van der Waals surface area contributed by atoms with E-state index in [1.165, 1.54) is 95.1 Å². The van der Waals surface area contributed by atoms with Gasteiger partial charge in [-0.3, -0.25) is 9.59 Å². The van der Waals surface area contributed by atoms with E-state index in [2.05, 4.69) is 4.98 Å². The van der Waals surface area contributed by atoms with Gasteiger partial charge in [-0.25, -0.2) is 12.5 Å². The second-order valence-corrected chi connectivity index (χ2v) is 10.7. The lowest BCUT2D eigenvalue weighted by molar-refractivity contribution is -0.389. The first-order valence-corrected chi connectivity index (χ1v) is 13.2. The summed E-state index contributed by atoms with van der Waals surface area (Å²) < 4.78 is 122. The minimum atomic E-state index is -6.87. The van der Waals surface area contributed by atoms with Crippen LogP contribution in [0, 0.1) is 3.57 Å². The Hall–Kier alpha value is -2.35. The van der Waals surface area contributed by atoms with Gasteiger partial charge < -0.3 is 4.90 Å². The van der Waals surface area contributed by atoms with Crippen LogP contribution in [0.1, 0.15) is 26.3 Å². The van der Waals surface area contributed by atoms with Crippen LogP contribution in [0.2, 0.25) is 5.15 Å². The molecule has 0 saturated carbocycles. The molecule has 0 saturated heterocycles. The number of pyridine rings is 1. The third kappa shape index (κ3) is 6.09. The average Bonchev–Trinajstić information content (AvgIpc) is 2.89. The zero-order valence-corrected chi connectivity index (χ0v) is 25.0. The van der Waals surface area contributed by atoms with E-state index in [9.17, 15) is 49.1 Å². The number of amides is 2. The third-order valence-electron chi connectivity index (χ3n) is 5.69. The first-order valence-electron chi connectivity index (χ1n) is 10.7. The summed E-state index contributed by atoms with van der Waals surface area (Å²) in [4.78, 5) is 31.0. The van der Waals surface area contributed by atoms with E-state index in [1.807, 2.05) is 0 Å². The quantitative estimate of drug-likeness (QED) is 0.108. The van der Waals surface area contributed by atoms with Crippen LogP contribution in [0.5, 0.6) is 0 Å². The fourth-order valence-electron chi connectivity index (χ4n) is 3.51. The Morgan fingerprint density at radius 3 is 2.02 bits per heavy atom. The first-order chi connectivity index (χ1) is 18.8. The molecule has 0 bridgehead atoms. The molecule has 5 nitrogen and oxygen atoms in total. The number of hydrogen-bond acceptors (Lipinski definition) is 3. The standard InChI is InChI=1S/C24H13ClF9I2N3O2/c1-38(20(41)15-6-3-9-37-18(15)25)14-5-2-4-12(10-14)19(40)39(36)17-8-7-13(11-16(17)35)21(26,23(29,30)31)22(27,28)24(32,33)34/h2-11H,1H3. The maximum Gasteiger partial charge on any atom is 0.457 e. The summed E-state index contributed by atoms with van der Waals surface area (Å²) in [5.41, 5.74) is -8.12. The van der Waals surface area contributed by atoms with E-state index in [1.54, 1.807) is 0 Å². The second kappa shape index (κ2) is 11.7. The zero-order valence-electron chi connectivity index (χ0n) is 20.0. The lowest BCUT2D eigenvalue weighted by Gasteiger charge is -2.36. The number of carbonyl (C=O) groups excluding carboxylic acids is 2. The van der Waals surface area contributed by atoms with Crippen molar-refractivity contribution in [3.63, 3.8) is 0 Å². The molecule has 1 heterocycles. The summed E-state index contributed by atoms with van der Waals surface area (Å²) in [6.45, 7) is 0. The monoisotopic (exact) mass is 835 g/mol. The highest BCUT2D eigenvalue weighted by atomic mass is 127. The maximum absolute atomic E-state index is 14.8. The molecule has 1 unspecified atom stereocenters. The smallest absolute Gasteiger partial charge is 0.311 e. The topological polar surface area (TPSA) is 53.5 Å². The molecule has 2 aromatic carbocycles. The van der Waals surface area contributed by atoms with Crippen LogP contribution in [0.25, 0.3) is 0 Å². The summed E-state index contributed by atoms with van der Waals surface area (Å²) in [7, 11) is 1.39. The van der Waals surface area contributed by atoms with Crippen LogP contribution < -0.4 is 8.01 Å². The predicted molar refractivity (Wildman–Crippen MR) is 148 cm³/mol. The van der Waals surface area contributed by atoms with Crippen molar-refractivity contribution in [2.75, 3.05) is 15.1 Å². The molecular formula is C24H13ClF9I2N3O2. The van der Waals surface area contributed by atoms with Crippen molar-refractivity contribution in [3.05, 3.63) is 86.2 Å². The predicted octanol–water partition coefficient (Wildman–Crippen LogP) is 8.54. The van der Waals surface area contributed by atoms with E-state index >= 15 is 0 Å². The van der Waals surface area contributed by atoms with Gasteiger partial charge >= 0.3 is 23.9 Å². The number of carbonyl (C=O) groups is 2. The molecule has 0 N–H and O–H groups in total. The van der Waals surface area contributed by atoms with E-state index in [4.69, 9.17) is 11.6 Å². The van der Waals surface area contributed by atoms with Gasteiger partial charge in [-0.1, -0.05) is 23.7 Å². The molecule has 0 aliphatic rings. The molecule has 0 spiro atoms. The van der Waals surface area contributed by atoms with Crippen LogP contribution in [0.15, 0.2) is 60.8 Å². The van der Waals surface area contributed by atoms with Crippen LogP contribution in [0.3, 0.4) is 0 Å². The molecule has 0 aliphatic carbocycles. The molecule has 2 amide bonds. The molecule has 41 heavy (non-hydrogen) atoms. The van der Waals surface area contributed by atoms with E-state index in [-0.39, 0.29) is 39.8 Å². The fourth-order valence-corrected chi connectivity index (χ4v) is 5.63. The van der Waals surface area contributed by atoms with Gasteiger partial charge in [0.25, 0.3) is 11.8 Å². The Bertz CT molecular complexity index is 1490. The lowest BCUT2D eigenvalue weighted by atomic mass is 9.87. The molecule has 0 fully saturated rings. The summed E-state index contributed by atoms with van der Waals surface area (Å²) in [5, 5.41) is -0.0659. The molecule has 17 heteroatoms. The van der Waals surface area contributed by atoms with Gasteiger partial charge in [0.1, 0.15) is 5.15 Å². The van der Waals surface area contributed by atoms with Crippen LogP contribution in [-0.2, 0) is 5.67 Å². The van der Waals surface area contributed by atoms with Gasteiger partial charge in [0, 0.05) is 33.6 Å². The van der Waals surface area contributed by atoms with Crippen LogP contribution in [-0.4, -0.2) is 42.1 Å². The molecule has 3 aromatic rings. The van der Waals surface area contributed by atoms with Gasteiger partial charge in [0.05, 0.1) is 34.1 Å². The van der Waals surface area contributed by atoms with Crippen molar-refractivity contribution in [2.24, 2.45) is 0 Å². The van der Waals surface area contributed by atoms with E-state index < -0.39 is 44.9 Å². The van der Waals surface area contributed by atoms with Gasteiger partial charge in [-0.2, -0.15) is 35.1 Å². The number of benzene rings is 2. The van der Waals surface area contributed by atoms with E-state index in [0.29, 0.717) is 6.07 Å². The highest BCUT2D eigenvalue weighted by molar-refractivity contribution is 14.1. The fraction of sp³-hybridized carbons (Fsp3) is 0.208. The highest BCUT2D eigenvalue weighted by Crippen LogP contribution is 2.58. The molecule has 0 radical (unpaired) electrons. The van der Waals surface area contributed by atoms with Crippen LogP contribution in [0.4, 0.5) is 50.9 Å². The molecule has 1 atom stereocenters. The van der Waals surface area contributed by atoms with Crippen LogP contribution >= 0.6 is 57.1 Å². The number of halogens is 12. The van der Waals surface area contributed by atoms with Gasteiger partial charge in [-0.15, -0.1) is 0 Å². The van der Waals surface area contributed by atoms with Gasteiger partial charge in [-0.05, 0) is 65.1 Å². The molecular weight excluding hydrogens is 823 g/mol. The zero-order chi connectivity index (χ0) is 31.1. The summed E-state index contributed by atoms with van der Waals surface area (Å²) in [5.74, 6) is -8.22. The van der Waals surface area contributed by atoms with Crippen molar-refractivity contribution in [1.82, 2.24) is 4.98 Å². The molecule has 3 rings (SSSR count). The van der Waals surface area contributed by atoms with Crippen molar-refractivity contribution in [2.45, 2.75) is 23.9 Å². The largest absolute Gasteiger partial charge is 0.457 e. The molecule has 0 aliphatic heterocycles. The Kier molecular flexibility index (Phi) is 9.49. The minimum absolute atomic E-state index is 0.0487. The van der Waals surface area contributed by atoms with E-state index in [0.717, 1.165) is 8.01 Å². The summed E-state index contributed by atoms with van der Waals surface area (Å²) >= 11 is 8.67. The highest BCUT2D eigenvalue weighted by Gasteiger charge is 2.81. The lowest BCUT2D eigenvalue weighted by Crippen LogP contribution is -2.59. The number of hydrogen-bond donors (Lipinski definition) is 0. The Balaban J connectivity index is 1.96. The Labute approximate surface area is 258 Å². The maximum atomic E-state index is 14.8. The SMILES string of the molecule is CN(C(=O)c1cccnc1Cl)c1cccc(C(=O)N(I)c2ccc(C(F)(C(F)(F)F)C(F)(F)C(F)(F)F)cc2I)c1. The van der Waals surface area contributed by atoms with Crippen molar-refractivity contribution >= 4 is 80.2 Å². The molecule has 1 aromatic heterocycles. The summed E-state index contributed by atoms with van der Waals surface area (Å²) in [6, 6.07) is 9.29. The van der Waals surface area contributed by atoms with Gasteiger partial charge in [0.15, 0.2) is 0 Å². The first kappa shape index (κ1) is 33.2. The Morgan fingerprint density at radius 1 is 0.854 bits per heavy atom. The normalized spacial score (nSPS) is 13.9. The molecule has 220 valence electrons. The van der Waals surface area contributed by atoms with Crippen molar-refractivity contribution in [1.29, 1.82) is 0 Å². The second-order valence-electron chi connectivity index (χ2n) is 8.24. The number of nitrogens with zero attached hydrogens (tertiary/aromatic N) is 3. The Morgan fingerprint density at radius 2 is 1.49 bits per heavy atom. The third-order valence-corrected chi connectivity index (χ3v) is 7.81. The van der Waals surface area contributed by atoms with Crippen molar-refractivity contribution < 1.29 is 49.1 Å². The number of rotatable bonds is 6. The average molecular weight is 836 g/mol. The minimum Gasteiger partial charge on any atom is -0.311 e. The number of alkyl halides is 9. The van der Waals surface area contributed by atoms with Crippen molar-refractivity contribution in [3.8, 4) is 0 Å². The number of aromatic nitrogens is 1. The summed E-state index contributed by atoms with van der Waals surface area (Å²) in [6.07, 6.45) is -12.1. The number of anilines is 2.